The van der Waals surface area contributed by atoms with Crippen LogP contribution in [0.4, 0.5) is 4.79 Å². The van der Waals surface area contributed by atoms with Crippen molar-refractivity contribution in [3.05, 3.63) is 35.4 Å². The average molecular weight is 407 g/mol. The van der Waals surface area contributed by atoms with E-state index in [1.54, 1.807) is 0 Å². The van der Waals surface area contributed by atoms with Crippen molar-refractivity contribution in [3.8, 4) is 0 Å². The molecule has 0 aromatic heterocycles. The molecule has 3 N–H and O–H groups in total. The fourth-order valence-electron chi connectivity index (χ4n) is 2.29. The number of alkyl carbamates (subject to hydrolysis) is 1. The smallest absolute Gasteiger partial charge is 0.407 e. The molecular weight excluding hydrogens is 368 g/mol. The second-order valence-electron chi connectivity index (χ2n) is 8.77. The summed E-state index contributed by atoms with van der Waals surface area (Å²) in [5.41, 5.74) is 1.58. The van der Waals surface area contributed by atoms with E-state index in [1.165, 1.54) is 0 Å². The Kier molecular flexibility index (Phi) is 9.95. The minimum absolute atomic E-state index is 0.163. The highest BCUT2D eigenvalue weighted by molar-refractivity contribution is 5.79. The van der Waals surface area contributed by atoms with Gasteiger partial charge in [-0.05, 0) is 59.6 Å². The minimum Gasteiger partial charge on any atom is -0.444 e. The van der Waals surface area contributed by atoms with Crippen LogP contribution in [0.3, 0.4) is 0 Å². The van der Waals surface area contributed by atoms with Gasteiger partial charge in [-0.3, -0.25) is 0 Å². The van der Waals surface area contributed by atoms with Crippen molar-refractivity contribution < 1.29 is 14.3 Å². The summed E-state index contributed by atoms with van der Waals surface area (Å²) in [7, 11) is 0. The van der Waals surface area contributed by atoms with Crippen molar-refractivity contribution >= 4 is 12.1 Å². The molecule has 0 radical (unpaired) electrons. The van der Waals surface area contributed by atoms with Crippen LogP contribution in [-0.4, -0.2) is 42.9 Å². The van der Waals surface area contributed by atoms with Gasteiger partial charge in [-0.25, -0.2) is 9.79 Å². The van der Waals surface area contributed by atoms with Crippen LogP contribution in [0.1, 0.15) is 59.6 Å². The lowest BCUT2D eigenvalue weighted by atomic mass is 10.1. The van der Waals surface area contributed by atoms with Crippen molar-refractivity contribution in [3.63, 3.8) is 0 Å². The lowest BCUT2D eigenvalue weighted by molar-refractivity contribution is -0.0149. The van der Waals surface area contributed by atoms with Crippen molar-refractivity contribution in [2.24, 2.45) is 4.99 Å². The number of rotatable bonds is 8. The number of nitrogens with one attached hydrogen (secondary N) is 3. The minimum atomic E-state index is -0.500. The van der Waals surface area contributed by atoms with Gasteiger partial charge in [0.15, 0.2) is 5.96 Å². The molecule has 7 nitrogen and oxygen atoms in total. The predicted molar refractivity (Wildman–Crippen MR) is 118 cm³/mol. The van der Waals surface area contributed by atoms with Gasteiger partial charge in [-0.15, -0.1) is 0 Å². The summed E-state index contributed by atoms with van der Waals surface area (Å²) in [5, 5.41) is 9.15. The fraction of sp³-hybridized carbons (Fsp3) is 0.636. The van der Waals surface area contributed by atoms with E-state index in [-0.39, 0.29) is 5.60 Å². The summed E-state index contributed by atoms with van der Waals surface area (Å²) < 4.78 is 11.1. The van der Waals surface area contributed by atoms with Gasteiger partial charge >= 0.3 is 6.09 Å². The third kappa shape index (κ3) is 12.7. The monoisotopic (exact) mass is 406 g/mol. The van der Waals surface area contributed by atoms with Gasteiger partial charge in [-0.2, -0.15) is 0 Å². The summed E-state index contributed by atoms with van der Waals surface area (Å²) in [6.45, 7) is 16.6. The molecule has 0 bridgehead atoms. The molecule has 0 spiro atoms. The Morgan fingerprint density at radius 2 is 1.62 bits per heavy atom. The van der Waals surface area contributed by atoms with E-state index in [0.717, 1.165) is 17.7 Å². The first-order valence-corrected chi connectivity index (χ1v) is 10.2. The van der Waals surface area contributed by atoms with E-state index in [9.17, 15) is 4.79 Å². The predicted octanol–water partition coefficient (Wildman–Crippen LogP) is 3.58. The molecule has 29 heavy (non-hydrogen) atoms. The lowest BCUT2D eigenvalue weighted by Crippen LogP contribution is -2.42. The maximum absolute atomic E-state index is 11.7. The lowest BCUT2D eigenvalue weighted by Gasteiger charge is -2.20. The topological polar surface area (TPSA) is 84.0 Å². The maximum atomic E-state index is 11.7. The summed E-state index contributed by atoms with van der Waals surface area (Å²) >= 11 is 0. The van der Waals surface area contributed by atoms with Crippen LogP contribution in [-0.2, 0) is 22.6 Å². The third-order valence-electron chi connectivity index (χ3n) is 3.51. The Hall–Kier alpha value is -2.28. The number of carbonyl (C=O) groups excluding carboxylic acids is 1. The zero-order chi connectivity index (χ0) is 21.9. The molecule has 0 aliphatic heterocycles. The molecule has 0 aliphatic rings. The van der Waals surface area contributed by atoms with E-state index < -0.39 is 11.7 Å². The van der Waals surface area contributed by atoms with Crippen LogP contribution < -0.4 is 16.0 Å². The van der Waals surface area contributed by atoms with Gasteiger partial charge in [0.05, 0.1) is 18.8 Å². The van der Waals surface area contributed by atoms with Crippen molar-refractivity contribution in [2.45, 2.75) is 72.8 Å². The van der Waals surface area contributed by atoms with Crippen molar-refractivity contribution in [2.75, 3.05) is 19.6 Å². The largest absolute Gasteiger partial charge is 0.444 e. The van der Waals surface area contributed by atoms with E-state index in [1.807, 2.05) is 54.5 Å². The molecule has 1 aromatic carbocycles. The van der Waals surface area contributed by atoms with Gasteiger partial charge in [0.2, 0.25) is 0 Å². The first kappa shape index (κ1) is 24.8. The Morgan fingerprint density at radius 3 is 2.24 bits per heavy atom. The van der Waals surface area contributed by atoms with Gasteiger partial charge in [0, 0.05) is 19.6 Å². The highest BCUT2D eigenvalue weighted by Crippen LogP contribution is 2.13. The van der Waals surface area contributed by atoms with Crippen LogP contribution in [0.5, 0.6) is 0 Å². The van der Waals surface area contributed by atoms with Gasteiger partial charge < -0.3 is 25.4 Å². The van der Waals surface area contributed by atoms with Crippen LogP contribution in [0.25, 0.3) is 0 Å². The second kappa shape index (κ2) is 11.7. The Morgan fingerprint density at radius 1 is 0.966 bits per heavy atom. The molecular formula is C22H38N4O3. The number of hydrogen-bond acceptors (Lipinski definition) is 4. The van der Waals surface area contributed by atoms with Crippen LogP contribution in [0.15, 0.2) is 29.3 Å². The number of benzene rings is 1. The van der Waals surface area contributed by atoms with Crippen molar-refractivity contribution in [1.29, 1.82) is 0 Å². The molecule has 0 fully saturated rings. The first-order valence-electron chi connectivity index (χ1n) is 10.2. The Labute approximate surface area is 175 Å². The quantitative estimate of drug-likeness (QED) is 0.349. The van der Waals surface area contributed by atoms with E-state index in [4.69, 9.17) is 9.47 Å². The van der Waals surface area contributed by atoms with E-state index in [2.05, 4.69) is 39.1 Å². The normalized spacial score (nSPS) is 12.4. The zero-order valence-corrected chi connectivity index (χ0v) is 19.0. The summed E-state index contributed by atoms with van der Waals surface area (Å²) in [6, 6.07) is 8.25. The van der Waals surface area contributed by atoms with Crippen LogP contribution >= 0.6 is 0 Å². The number of hydrogen-bond donors (Lipinski definition) is 3. The van der Waals surface area contributed by atoms with Gasteiger partial charge in [-0.1, -0.05) is 24.3 Å². The van der Waals surface area contributed by atoms with E-state index in [0.29, 0.717) is 32.2 Å². The number of carbonyl (C=O) groups is 1. The first-order chi connectivity index (χ1) is 13.5. The zero-order valence-electron chi connectivity index (χ0n) is 19.0. The van der Waals surface area contributed by atoms with Gasteiger partial charge in [0.25, 0.3) is 0 Å². The number of guanidine groups is 1. The van der Waals surface area contributed by atoms with E-state index >= 15 is 0 Å². The highest BCUT2D eigenvalue weighted by atomic mass is 16.6. The molecule has 0 heterocycles. The van der Waals surface area contributed by atoms with Crippen molar-refractivity contribution in [1.82, 2.24) is 16.0 Å². The molecule has 0 unspecified atom stereocenters. The molecule has 1 amide bonds. The molecule has 1 aromatic rings. The third-order valence-corrected chi connectivity index (χ3v) is 3.51. The van der Waals surface area contributed by atoms with Gasteiger partial charge in [0.1, 0.15) is 5.60 Å². The standard InChI is InChI=1S/C22H38N4O3/c1-8-23-19(24-12-13-25-20(27)29-22(5,6)7)26-15-17-10-9-11-18(14-17)16-28-21(2,3)4/h9-11,14H,8,12-13,15-16H2,1-7H3,(H,25,27)(H2,23,24,26). The number of amides is 1. The summed E-state index contributed by atoms with van der Waals surface area (Å²) in [6.07, 6.45) is -0.421. The molecule has 7 heteroatoms. The summed E-state index contributed by atoms with van der Waals surface area (Å²) in [5.74, 6) is 0.704. The van der Waals surface area contributed by atoms with Crippen LogP contribution in [0.2, 0.25) is 0 Å². The summed E-state index contributed by atoms with van der Waals surface area (Å²) in [4.78, 5) is 16.3. The molecule has 1 rings (SSSR count). The fourth-order valence-corrected chi connectivity index (χ4v) is 2.29. The molecule has 0 saturated heterocycles. The SMILES string of the molecule is CCNC(=NCc1cccc(COC(C)(C)C)c1)NCCNC(=O)OC(C)(C)C. The highest BCUT2D eigenvalue weighted by Gasteiger charge is 2.15. The molecule has 0 saturated carbocycles. The second-order valence-corrected chi connectivity index (χ2v) is 8.77. The Balaban J connectivity index is 2.52. The molecule has 164 valence electrons. The molecule has 0 aliphatic carbocycles. The maximum Gasteiger partial charge on any atom is 0.407 e. The number of nitrogens with zero attached hydrogens (tertiary/aromatic N) is 1. The number of ether oxygens (including phenoxy) is 2. The molecule has 0 atom stereocenters. The average Bonchev–Trinajstić information content (AvgIpc) is 2.59. The number of aliphatic imine (C=N–C) groups is 1. The Bertz CT molecular complexity index is 661. The van der Waals surface area contributed by atoms with Crippen LogP contribution in [0, 0.1) is 0 Å².